The molecule has 1 unspecified atom stereocenters. The zero-order chi connectivity index (χ0) is 15.5. The summed E-state index contributed by atoms with van der Waals surface area (Å²) in [5, 5.41) is 12.8. The lowest BCUT2D eigenvalue weighted by Gasteiger charge is -2.30. The van der Waals surface area contributed by atoms with Crippen LogP contribution in [0.4, 0.5) is 0 Å². The summed E-state index contributed by atoms with van der Waals surface area (Å²) in [6, 6.07) is 7.80. The van der Waals surface area contributed by atoms with Crippen LogP contribution in [0.3, 0.4) is 0 Å². The molecule has 5 heteroatoms. The first-order chi connectivity index (χ1) is 9.90. The molecule has 1 aromatic rings. The number of benzene rings is 1. The van der Waals surface area contributed by atoms with Crippen molar-refractivity contribution in [2.45, 2.75) is 49.6 Å². The van der Waals surface area contributed by atoms with Gasteiger partial charge in [0, 0.05) is 24.9 Å². The van der Waals surface area contributed by atoms with Crippen molar-refractivity contribution in [3.05, 3.63) is 29.8 Å². The van der Waals surface area contributed by atoms with E-state index in [0.717, 1.165) is 31.2 Å². The summed E-state index contributed by atoms with van der Waals surface area (Å²) in [6.07, 6.45) is 5.57. The Balaban J connectivity index is 1.93. The molecule has 1 fully saturated rings. The van der Waals surface area contributed by atoms with Crippen molar-refractivity contribution in [1.29, 1.82) is 0 Å². The fraction of sp³-hybridized carbons (Fsp3) is 0.625. The highest BCUT2D eigenvalue weighted by atomic mass is 32.2. The number of aliphatic hydroxyl groups is 1. The first-order valence-corrected chi connectivity index (χ1v) is 9.46. The number of rotatable bonds is 5. The Morgan fingerprint density at radius 1 is 1.19 bits per heavy atom. The Morgan fingerprint density at radius 3 is 2.24 bits per heavy atom. The fourth-order valence-electron chi connectivity index (χ4n) is 2.97. The predicted molar refractivity (Wildman–Crippen MR) is 83.9 cm³/mol. The van der Waals surface area contributed by atoms with Crippen LogP contribution in [-0.4, -0.2) is 32.4 Å². The van der Waals surface area contributed by atoms with Crippen molar-refractivity contribution in [3.8, 4) is 0 Å². The van der Waals surface area contributed by atoms with Gasteiger partial charge in [0.15, 0.2) is 9.84 Å². The Morgan fingerprint density at radius 2 is 1.76 bits per heavy atom. The Hall–Kier alpha value is -0.910. The molecular formula is C16H25NO3S. The first kappa shape index (κ1) is 16.5. The molecule has 0 spiro atoms. The van der Waals surface area contributed by atoms with Crippen molar-refractivity contribution in [3.63, 3.8) is 0 Å². The van der Waals surface area contributed by atoms with E-state index in [4.69, 9.17) is 5.11 Å². The highest BCUT2D eigenvalue weighted by molar-refractivity contribution is 7.90. The third kappa shape index (κ3) is 4.53. The maximum atomic E-state index is 11.5. The maximum absolute atomic E-state index is 11.5. The van der Waals surface area contributed by atoms with E-state index >= 15 is 0 Å². The minimum atomic E-state index is -3.13. The second-order valence-corrected chi connectivity index (χ2v) is 8.15. The number of aliphatic hydroxyl groups excluding tert-OH is 1. The average molecular weight is 311 g/mol. The minimum Gasteiger partial charge on any atom is -0.396 e. The minimum absolute atomic E-state index is 0.203. The van der Waals surface area contributed by atoms with Crippen molar-refractivity contribution in [2.75, 3.05) is 12.9 Å². The summed E-state index contributed by atoms with van der Waals surface area (Å²) in [5.41, 5.74) is 1.10. The third-order valence-corrected chi connectivity index (χ3v) is 5.53. The van der Waals surface area contributed by atoms with E-state index in [-0.39, 0.29) is 6.04 Å². The number of hydrogen-bond acceptors (Lipinski definition) is 4. The van der Waals surface area contributed by atoms with E-state index in [9.17, 15) is 8.42 Å². The lowest BCUT2D eigenvalue weighted by Crippen LogP contribution is -2.35. The number of nitrogens with one attached hydrogen (secondary N) is 1. The summed E-state index contributed by atoms with van der Waals surface area (Å²) in [5.74, 6) is 0.465. The first-order valence-electron chi connectivity index (χ1n) is 7.57. The van der Waals surface area contributed by atoms with Crippen LogP contribution < -0.4 is 5.32 Å². The van der Waals surface area contributed by atoms with Crippen molar-refractivity contribution in [1.82, 2.24) is 5.32 Å². The van der Waals surface area contributed by atoms with Crippen molar-refractivity contribution in [2.24, 2.45) is 5.92 Å². The van der Waals surface area contributed by atoms with Crippen LogP contribution in [0.2, 0.25) is 0 Å². The topological polar surface area (TPSA) is 66.4 Å². The Kier molecular flexibility index (Phi) is 5.41. The summed E-state index contributed by atoms with van der Waals surface area (Å²) in [7, 11) is -3.13. The van der Waals surface area contributed by atoms with Gasteiger partial charge in [0.05, 0.1) is 4.90 Å². The van der Waals surface area contributed by atoms with Gasteiger partial charge >= 0.3 is 0 Å². The van der Waals surface area contributed by atoms with Crippen LogP contribution in [0.15, 0.2) is 29.2 Å². The SMILES string of the molecule is CC(NC1CCC(CO)CC1)c1ccc(S(C)(=O)=O)cc1. The van der Waals surface area contributed by atoms with Crippen LogP contribution in [0.1, 0.15) is 44.2 Å². The van der Waals surface area contributed by atoms with Crippen LogP contribution in [0, 0.1) is 5.92 Å². The highest BCUT2D eigenvalue weighted by Crippen LogP contribution is 2.26. The third-order valence-electron chi connectivity index (χ3n) is 4.40. The van der Waals surface area contributed by atoms with Gasteiger partial charge in [-0.1, -0.05) is 12.1 Å². The summed E-state index contributed by atoms with van der Waals surface area (Å²) in [6.45, 7) is 2.41. The molecule has 0 radical (unpaired) electrons. The molecule has 1 aromatic carbocycles. The van der Waals surface area contributed by atoms with Crippen LogP contribution in [-0.2, 0) is 9.84 Å². The van der Waals surface area contributed by atoms with E-state index < -0.39 is 9.84 Å². The van der Waals surface area contributed by atoms with Gasteiger partial charge in [0.1, 0.15) is 0 Å². The second-order valence-electron chi connectivity index (χ2n) is 6.13. The molecule has 0 amide bonds. The smallest absolute Gasteiger partial charge is 0.175 e. The van der Waals surface area contributed by atoms with E-state index in [1.807, 2.05) is 12.1 Å². The quantitative estimate of drug-likeness (QED) is 0.875. The fourth-order valence-corrected chi connectivity index (χ4v) is 3.60. The molecule has 2 rings (SSSR count). The summed E-state index contributed by atoms with van der Waals surface area (Å²) < 4.78 is 22.9. The average Bonchev–Trinajstić information content (AvgIpc) is 2.47. The monoisotopic (exact) mass is 311 g/mol. The summed E-state index contributed by atoms with van der Waals surface area (Å²) in [4.78, 5) is 0.363. The van der Waals surface area contributed by atoms with Gasteiger partial charge in [0.25, 0.3) is 0 Å². The number of hydrogen-bond donors (Lipinski definition) is 2. The zero-order valence-electron chi connectivity index (χ0n) is 12.7. The molecule has 118 valence electrons. The molecule has 1 atom stereocenters. The van der Waals surface area contributed by atoms with E-state index in [1.54, 1.807) is 12.1 Å². The Bertz CT molecular complexity index is 545. The highest BCUT2D eigenvalue weighted by Gasteiger charge is 2.22. The van der Waals surface area contributed by atoms with E-state index in [0.29, 0.717) is 23.5 Å². The van der Waals surface area contributed by atoms with Crippen LogP contribution >= 0.6 is 0 Å². The molecule has 4 nitrogen and oxygen atoms in total. The van der Waals surface area contributed by atoms with E-state index in [2.05, 4.69) is 12.2 Å². The van der Waals surface area contributed by atoms with Gasteiger partial charge in [-0.2, -0.15) is 0 Å². The van der Waals surface area contributed by atoms with Gasteiger partial charge in [-0.3, -0.25) is 0 Å². The molecule has 0 saturated heterocycles. The van der Waals surface area contributed by atoms with E-state index in [1.165, 1.54) is 6.26 Å². The van der Waals surface area contributed by atoms with Crippen LogP contribution in [0.5, 0.6) is 0 Å². The Labute approximate surface area is 127 Å². The van der Waals surface area contributed by atoms with Gasteiger partial charge in [-0.25, -0.2) is 8.42 Å². The molecule has 0 aliphatic heterocycles. The molecule has 0 bridgehead atoms. The largest absolute Gasteiger partial charge is 0.396 e. The van der Waals surface area contributed by atoms with Crippen molar-refractivity contribution >= 4 is 9.84 Å². The van der Waals surface area contributed by atoms with Gasteiger partial charge in [-0.15, -0.1) is 0 Å². The molecule has 2 N–H and O–H groups in total. The normalized spacial score (nSPS) is 24.7. The molecule has 1 saturated carbocycles. The molecular weight excluding hydrogens is 286 g/mol. The molecule has 21 heavy (non-hydrogen) atoms. The van der Waals surface area contributed by atoms with Gasteiger partial charge < -0.3 is 10.4 Å². The van der Waals surface area contributed by atoms with Crippen LogP contribution in [0.25, 0.3) is 0 Å². The van der Waals surface area contributed by atoms with Gasteiger partial charge in [0.2, 0.25) is 0 Å². The molecule has 1 aliphatic carbocycles. The standard InChI is InChI=1S/C16H25NO3S/c1-12(17-15-7-3-13(11-18)4-8-15)14-5-9-16(10-6-14)21(2,19)20/h5-6,9-10,12-13,15,17-18H,3-4,7-8,11H2,1-2H3. The predicted octanol–water partition coefficient (Wildman–Crippen LogP) is 2.29. The maximum Gasteiger partial charge on any atom is 0.175 e. The summed E-state index contributed by atoms with van der Waals surface area (Å²) >= 11 is 0. The molecule has 0 heterocycles. The lowest BCUT2D eigenvalue weighted by molar-refractivity contribution is 0.172. The number of sulfone groups is 1. The molecule has 1 aliphatic rings. The van der Waals surface area contributed by atoms with Gasteiger partial charge in [-0.05, 0) is 56.2 Å². The lowest BCUT2D eigenvalue weighted by atomic mass is 9.86. The second kappa shape index (κ2) is 6.90. The zero-order valence-corrected chi connectivity index (χ0v) is 13.6. The molecule has 0 aromatic heterocycles. The van der Waals surface area contributed by atoms with Crippen molar-refractivity contribution < 1.29 is 13.5 Å².